The second-order valence-corrected chi connectivity index (χ2v) is 9.46. The molecule has 1 aliphatic heterocycles. The van der Waals surface area contributed by atoms with Gasteiger partial charge >= 0.3 is 0 Å². The molecule has 164 valence electrons. The third-order valence-electron chi connectivity index (χ3n) is 5.44. The van der Waals surface area contributed by atoms with Crippen molar-refractivity contribution >= 4 is 38.9 Å². The number of methoxy groups -OCH3 is 1. The van der Waals surface area contributed by atoms with E-state index < -0.39 is 0 Å². The molecular formula is C23H22BrN5O2S. The molecule has 5 rings (SSSR count). The number of H-pyrrole nitrogens is 1. The molecular weight excluding hydrogens is 490 g/mol. The number of halogens is 1. The second-order valence-electron chi connectivity index (χ2n) is 7.57. The van der Waals surface area contributed by atoms with Crippen LogP contribution in [0.25, 0.3) is 11.2 Å². The molecule has 7 nitrogen and oxygen atoms in total. The Morgan fingerprint density at radius 2 is 2.22 bits per heavy atom. The van der Waals surface area contributed by atoms with Crippen LogP contribution in [0, 0.1) is 5.41 Å². The summed E-state index contributed by atoms with van der Waals surface area (Å²) in [4.78, 5) is 13.4. The molecule has 3 heterocycles. The fourth-order valence-corrected chi connectivity index (χ4v) is 5.20. The van der Waals surface area contributed by atoms with Crippen LogP contribution in [0.1, 0.15) is 17.5 Å². The summed E-state index contributed by atoms with van der Waals surface area (Å²) in [6.07, 6.45) is 4.54. The lowest BCUT2D eigenvalue weighted by atomic mass is 10.1. The van der Waals surface area contributed by atoms with Gasteiger partial charge < -0.3 is 19.0 Å². The van der Waals surface area contributed by atoms with E-state index in [-0.39, 0.29) is 5.49 Å². The first-order valence-corrected chi connectivity index (χ1v) is 12.0. The highest BCUT2D eigenvalue weighted by atomic mass is 79.9. The van der Waals surface area contributed by atoms with E-state index in [0.717, 1.165) is 57.5 Å². The minimum Gasteiger partial charge on any atom is -0.497 e. The molecule has 0 spiro atoms. The molecule has 0 saturated carbocycles. The number of benzene rings is 2. The molecule has 0 saturated heterocycles. The number of aryl methyl sites for hydroxylation is 3. The van der Waals surface area contributed by atoms with Gasteiger partial charge in [0, 0.05) is 15.9 Å². The Balaban J connectivity index is 1.42. The predicted octanol–water partition coefficient (Wildman–Crippen LogP) is 4.73. The average Bonchev–Trinajstić information content (AvgIpc) is 3.24. The van der Waals surface area contributed by atoms with Gasteiger partial charge in [-0.2, -0.15) is 0 Å². The van der Waals surface area contributed by atoms with Crippen molar-refractivity contribution in [1.29, 1.82) is 5.41 Å². The molecule has 2 aromatic carbocycles. The molecule has 0 aliphatic carbocycles. The summed E-state index contributed by atoms with van der Waals surface area (Å²) in [6.45, 7) is 1.47. The quantitative estimate of drug-likeness (QED) is 0.390. The number of fused-ring (bicyclic) bond motifs is 2. The fourth-order valence-electron chi connectivity index (χ4n) is 3.79. The molecule has 0 radical (unpaired) electrons. The van der Waals surface area contributed by atoms with Gasteiger partial charge in [-0.1, -0.05) is 23.9 Å². The summed E-state index contributed by atoms with van der Waals surface area (Å²) in [5, 5.41) is 8.95. The molecule has 0 unspecified atom stereocenters. The van der Waals surface area contributed by atoms with Gasteiger partial charge in [0.25, 0.3) is 0 Å². The van der Waals surface area contributed by atoms with Crippen LogP contribution in [0.5, 0.6) is 11.5 Å². The molecule has 0 fully saturated rings. The van der Waals surface area contributed by atoms with E-state index in [2.05, 4.69) is 38.0 Å². The van der Waals surface area contributed by atoms with Crippen molar-refractivity contribution in [3.8, 4) is 11.5 Å². The van der Waals surface area contributed by atoms with Crippen LogP contribution in [0.15, 0.2) is 57.3 Å². The van der Waals surface area contributed by atoms with Crippen molar-refractivity contribution in [2.75, 3.05) is 13.7 Å². The van der Waals surface area contributed by atoms with Crippen LogP contribution in [0.4, 0.5) is 0 Å². The van der Waals surface area contributed by atoms with Gasteiger partial charge in [-0.3, -0.25) is 5.41 Å². The Morgan fingerprint density at radius 1 is 1.31 bits per heavy atom. The van der Waals surface area contributed by atoms with Crippen molar-refractivity contribution in [2.45, 2.75) is 35.9 Å². The number of aromatic nitrogens is 4. The standard InChI is InChI=1S/C23H22BrN5O2S/c1-30-16-6-2-4-14(10-16)7-8-29-13-26-21(25)20-22(29)28-23(27-20)32-19-11-15-5-3-9-31-18(15)12-17(19)24/h2,4,6,10-13,25H,3,5,7-9H2,1H3,(H,27,28). The SMILES string of the molecule is COc1cccc(CCn2cnc(=N)c3[nH]c(Sc4cc5c(cc4Br)OCCC5)nc32)c1. The maximum absolute atomic E-state index is 8.22. The third-order valence-corrected chi connectivity index (χ3v) is 7.31. The lowest BCUT2D eigenvalue weighted by Gasteiger charge is -2.18. The van der Waals surface area contributed by atoms with Crippen LogP contribution in [0.2, 0.25) is 0 Å². The number of nitrogens with zero attached hydrogens (tertiary/aromatic N) is 3. The molecule has 9 heteroatoms. The summed E-state index contributed by atoms with van der Waals surface area (Å²) in [6, 6.07) is 12.2. The number of hydrogen-bond donors (Lipinski definition) is 2. The first-order valence-electron chi connectivity index (χ1n) is 10.4. The first-order chi connectivity index (χ1) is 15.6. The molecule has 0 amide bonds. The minimum atomic E-state index is 0.190. The van der Waals surface area contributed by atoms with Crippen LogP contribution >= 0.6 is 27.7 Å². The maximum atomic E-state index is 8.22. The summed E-state index contributed by atoms with van der Waals surface area (Å²) in [5.41, 5.74) is 3.94. The summed E-state index contributed by atoms with van der Waals surface area (Å²) >= 11 is 5.20. The van der Waals surface area contributed by atoms with Gasteiger partial charge in [0.05, 0.1) is 20.0 Å². The molecule has 4 aromatic rings. The highest BCUT2D eigenvalue weighted by Gasteiger charge is 2.16. The zero-order valence-corrected chi connectivity index (χ0v) is 19.9. The van der Waals surface area contributed by atoms with Crippen LogP contribution in [0.3, 0.4) is 0 Å². The van der Waals surface area contributed by atoms with Crippen molar-refractivity contribution < 1.29 is 9.47 Å². The van der Waals surface area contributed by atoms with Gasteiger partial charge in [-0.05, 0) is 70.6 Å². The lowest BCUT2D eigenvalue weighted by Crippen LogP contribution is -2.13. The number of nitrogens with one attached hydrogen (secondary N) is 2. The Hall–Kier alpha value is -2.78. The lowest BCUT2D eigenvalue weighted by molar-refractivity contribution is 0.288. The van der Waals surface area contributed by atoms with Crippen molar-refractivity contribution in [3.63, 3.8) is 0 Å². The summed E-state index contributed by atoms with van der Waals surface area (Å²) in [7, 11) is 1.67. The minimum absolute atomic E-state index is 0.190. The number of rotatable bonds is 6. The molecule has 0 bridgehead atoms. The Morgan fingerprint density at radius 3 is 3.09 bits per heavy atom. The van der Waals surface area contributed by atoms with E-state index in [1.807, 2.05) is 28.8 Å². The van der Waals surface area contributed by atoms with Gasteiger partial charge in [0.1, 0.15) is 17.0 Å². The van der Waals surface area contributed by atoms with Crippen molar-refractivity contribution in [3.05, 3.63) is 63.8 Å². The predicted molar refractivity (Wildman–Crippen MR) is 127 cm³/mol. The van der Waals surface area contributed by atoms with E-state index in [1.54, 1.807) is 13.4 Å². The third kappa shape index (κ3) is 4.27. The first kappa shape index (κ1) is 21.1. The van der Waals surface area contributed by atoms with E-state index in [1.165, 1.54) is 22.9 Å². The van der Waals surface area contributed by atoms with E-state index in [9.17, 15) is 0 Å². The number of hydrogen-bond acceptors (Lipinski definition) is 6. The average molecular weight is 512 g/mol. The maximum Gasteiger partial charge on any atom is 0.173 e. The van der Waals surface area contributed by atoms with Gasteiger partial charge in [0.15, 0.2) is 16.3 Å². The van der Waals surface area contributed by atoms with Crippen LogP contribution in [-0.2, 0) is 19.4 Å². The summed E-state index contributed by atoms with van der Waals surface area (Å²) in [5.74, 6) is 1.79. The number of aromatic amines is 1. The monoisotopic (exact) mass is 511 g/mol. The topological polar surface area (TPSA) is 88.8 Å². The fraction of sp³-hybridized carbons (Fsp3) is 0.261. The highest BCUT2D eigenvalue weighted by molar-refractivity contribution is 9.10. The van der Waals surface area contributed by atoms with Crippen LogP contribution in [-0.4, -0.2) is 33.2 Å². The largest absolute Gasteiger partial charge is 0.497 e. The Kier molecular flexibility index (Phi) is 5.93. The van der Waals surface area contributed by atoms with E-state index >= 15 is 0 Å². The molecule has 2 N–H and O–H groups in total. The van der Waals surface area contributed by atoms with Crippen LogP contribution < -0.4 is 15.0 Å². The number of imidazole rings is 1. The van der Waals surface area contributed by atoms with Crippen molar-refractivity contribution in [2.24, 2.45) is 0 Å². The van der Waals surface area contributed by atoms with E-state index in [4.69, 9.17) is 19.9 Å². The normalized spacial score (nSPS) is 13.1. The second kappa shape index (κ2) is 8.99. The smallest absolute Gasteiger partial charge is 0.173 e. The number of ether oxygens (including phenoxy) is 2. The van der Waals surface area contributed by atoms with Gasteiger partial charge in [-0.25, -0.2) is 9.97 Å². The van der Waals surface area contributed by atoms with Gasteiger partial charge in [-0.15, -0.1) is 0 Å². The molecule has 0 atom stereocenters. The van der Waals surface area contributed by atoms with E-state index in [0.29, 0.717) is 12.1 Å². The summed E-state index contributed by atoms with van der Waals surface area (Å²) < 4.78 is 14.0. The Bertz CT molecular complexity index is 1350. The molecule has 1 aliphatic rings. The van der Waals surface area contributed by atoms with Crippen molar-refractivity contribution in [1.82, 2.24) is 19.5 Å². The zero-order valence-electron chi connectivity index (χ0n) is 17.5. The Labute approximate surface area is 197 Å². The molecule has 32 heavy (non-hydrogen) atoms. The van der Waals surface area contributed by atoms with Gasteiger partial charge in [0.2, 0.25) is 0 Å². The zero-order chi connectivity index (χ0) is 22.1. The highest BCUT2D eigenvalue weighted by Crippen LogP contribution is 2.38. The molecule has 2 aromatic heterocycles.